The summed E-state index contributed by atoms with van der Waals surface area (Å²) in [4.78, 5) is 7.66. The summed E-state index contributed by atoms with van der Waals surface area (Å²) in [6.07, 6.45) is 2.40. The standard InChI is InChI=1S/C23H29FN4OS.HI/c1-25-22(27-17-23(9-10-23)30-19-5-3-2-4-6-19)26-16-18-7-8-21(20(24)15-18)28-11-13-29-14-12-28;/h2-8,15H,9-14,16-17H2,1H3,(H2,25,26,27);1H. The molecule has 0 bridgehead atoms. The first-order chi connectivity index (χ1) is 14.7. The molecule has 31 heavy (non-hydrogen) atoms. The summed E-state index contributed by atoms with van der Waals surface area (Å²) in [6.45, 7) is 4.14. The average molecular weight is 556 g/mol. The van der Waals surface area contributed by atoms with Crippen LogP contribution in [0.1, 0.15) is 18.4 Å². The van der Waals surface area contributed by atoms with Gasteiger partial charge in [0.25, 0.3) is 0 Å². The number of nitrogens with one attached hydrogen (secondary N) is 2. The van der Waals surface area contributed by atoms with E-state index in [9.17, 15) is 4.39 Å². The number of anilines is 1. The number of thioether (sulfide) groups is 1. The van der Waals surface area contributed by atoms with Gasteiger partial charge in [-0.2, -0.15) is 0 Å². The zero-order chi connectivity index (χ0) is 20.8. The number of aliphatic imine (C=N–C) groups is 1. The Kier molecular flexibility index (Phi) is 8.85. The normalized spacial score (nSPS) is 17.6. The number of morpholine rings is 1. The lowest BCUT2D eigenvalue weighted by Gasteiger charge is -2.29. The van der Waals surface area contributed by atoms with Crippen molar-refractivity contribution in [2.75, 3.05) is 44.8 Å². The van der Waals surface area contributed by atoms with Gasteiger partial charge in [0.1, 0.15) is 5.82 Å². The van der Waals surface area contributed by atoms with Gasteiger partial charge in [0, 0.05) is 42.9 Å². The van der Waals surface area contributed by atoms with Crippen LogP contribution in [0.25, 0.3) is 0 Å². The highest BCUT2D eigenvalue weighted by Crippen LogP contribution is 2.51. The van der Waals surface area contributed by atoms with E-state index in [1.807, 2.05) is 34.9 Å². The molecule has 0 amide bonds. The third kappa shape index (κ3) is 6.73. The van der Waals surface area contributed by atoms with E-state index in [4.69, 9.17) is 4.74 Å². The van der Waals surface area contributed by atoms with Gasteiger partial charge in [-0.25, -0.2) is 4.39 Å². The van der Waals surface area contributed by atoms with Gasteiger partial charge in [0.2, 0.25) is 0 Å². The molecular weight excluding hydrogens is 526 g/mol. The van der Waals surface area contributed by atoms with Gasteiger partial charge in [-0.05, 0) is 42.7 Å². The van der Waals surface area contributed by atoms with Crippen molar-refractivity contribution in [2.24, 2.45) is 4.99 Å². The predicted octanol–water partition coefficient (Wildman–Crippen LogP) is 4.27. The van der Waals surface area contributed by atoms with Crippen molar-refractivity contribution in [2.45, 2.75) is 29.0 Å². The number of benzene rings is 2. The van der Waals surface area contributed by atoms with E-state index in [-0.39, 0.29) is 34.5 Å². The van der Waals surface area contributed by atoms with Gasteiger partial charge < -0.3 is 20.3 Å². The fourth-order valence-corrected chi connectivity index (χ4v) is 4.81. The summed E-state index contributed by atoms with van der Waals surface area (Å²) in [5.74, 6) is 0.558. The Morgan fingerprint density at radius 2 is 1.87 bits per heavy atom. The number of halogens is 2. The van der Waals surface area contributed by atoms with Gasteiger partial charge in [0.15, 0.2) is 5.96 Å². The van der Waals surface area contributed by atoms with Crippen LogP contribution in [0.2, 0.25) is 0 Å². The van der Waals surface area contributed by atoms with Gasteiger partial charge in [0.05, 0.1) is 18.9 Å². The maximum absolute atomic E-state index is 14.6. The van der Waals surface area contributed by atoms with Crippen LogP contribution < -0.4 is 15.5 Å². The van der Waals surface area contributed by atoms with E-state index in [1.165, 1.54) is 17.7 Å². The Morgan fingerprint density at radius 1 is 1.13 bits per heavy atom. The van der Waals surface area contributed by atoms with Crippen LogP contribution in [0, 0.1) is 5.82 Å². The van der Waals surface area contributed by atoms with Crippen LogP contribution in [0.15, 0.2) is 58.4 Å². The van der Waals surface area contributed by atoms with Crippen LogP contribution in [0.4, 0.5) is 10.1 Å². The van der Waals surface area contributed by atoms with Crippen molar-refractivity contribution in [1.29, 1.82) is 0 Å². The van der Waals surface area contributed by atoms with E-state index in [2.05, 4.69) is 39.9 Å². The second-order valence-corrected chi connectivity index (χ2v) is 9.30. The lowest BCUT2D eigenvalue weighted by molar-refractivity contribution is 0.122. The summed E-state index contributed by atoms with van der Waals surface area (Å²) in [6, 6.07) is 16.0. The number of nitrogens with zero attached hydrogens (tertiary/aromatic N) is 2. The molecule has 0 radical (unpaired) electrons. The van der Waals surface area contributed by atoms with Crippen molar-refractivity contribution in [1.82, 2.24) is 10.6 Å². The van der Waals surface area contributed by atoms with Gasteiger partial charge in [-0.15, -0.1) is 35.7 Å². The van der Waals surface area contributed by atoms with Crippen molar-refractivity contribution < 1.29 is 9.13 Å². The molecule has 0 atom stereocenters. The maximum Gasteiger partial charge on any atom is 0.191 e. The molecule has 1 saturated carbocycles. The zero-order valence-electron chi connectivity index (χ0n) is 17.8. The zero-order valence-corrected chi connectivity index (χ0v) is 20.9. The third-order valence-electron chi connectivity index (χ3n) is 5.51. The second kappa shape index (κ2) is 11.4. The van der Waals surface area contributed by atoms with E-state index < -0.39 is 0 Å². The highest BCUT2D eigenvalue weighted by Gasteiger charge is 2.43. The molecule has 4 rings (SSSR count). The number of hydrogen-bond donors (Lipinski definition) is 2. The molecule has 2 aliphatic rings. The van der Waals surface area contributed by atoms with Crippen LogP contribution in [0.3, 0.4) is 0 Å². The van der Waals surface area contributed by atoms with Crippen LogP contribution >= 0.6 is 35.7 Å². The monoisotopic (exact) mass is 556 g/mol. The summed E-state index contributed by atoms with van der Waals surface area (Å²) in [5.41, 5.74) is 1.55. The average Bonchev–Trinajstić information content (AvgIpc) is 3.54. The SMILES string of the molecule is CN=C(NCc1ccc(N2CCOCC2)c(F)c1)NCC1(Sc2ccccc2)CC1.I. The molecule has 8 heteroatoms. The molecule has 2 N–H and O–H groups in total. The van der Waals surface area contributed by atoms with Gasteiger partial charge in [-0.1, -0.05) is 24.3 Å². The topological polar surface area (TPSA) is 48.9 Å². The molecule has 168 valence electrons. The van der Waals surface area contributed by atoms with E-state index in [1.54, 1.807) is 13.1 Å². The summed E-state index contributed by atoms with van der Waals surface area (Å²) in [7, 11) is 1.77. The summed E-state index contributed by atoms with van der Waals surface area (Å²) < 4.78 is 20.2. The molecule has 5 nitrogen and oxygen atoms in total. The first-order valence-electron chi connectivity index (χ1n) is 10.5. The molecule has 1 saturated heterocycles. The molecule has 1 aliphatic heterocycles. The first-order valence-corrected chi connectivity index (χ1v) is 11.3. The van der Waals surface area contributed by atoms with Gasteiger partial charge in [-0.3, -0.25) is 4.99 Å². The fourth-order valence-electron chi connectivity index (χ4n) is 3.57. The Balaban J connectivity index is 0.00000272. The number of hydrogen-bond acceptors (Lipinski definition) is 4. The quantitative estimate of drug-likeness (QED) is 0.303. The maximum atomic E-state index is 14.6. The minimum Gasteiger partial charge on any atom is -0.378 e. The van der Waals surface area contributed by atoms with E-state index >= 15 is 0 Å². The number of guanidine groups is 1. The van der Waals surface area contributed by atoms with Gasteiger partial charge >= 0.3 is 0 Å². The lowest BCUT2D eigenvalue weighted by atomic mass is 10.1. The molecule has 0 aromatic heterocycles. The van der Waals surface area contributed by atoms with Crippen molar-refractivity contribution in [3.63, 3.8) is 0 Å². The molecule has 1 aliphatic carbocycles. The fraction of sp³-hybridized carbons (Fsp3) is 0.435. The highest BCUT2D eigenvalue weighted by molar-refractivity contribution is 14.0. The Hall–Kier alpha value is -1.52. The first kappa shape index (κ1) is 24.1. The minimum atomic E-state index is -0.185. The summed E-state index contributed by atoms with van der Waals surface area (Å²) in [5, 5.41) is 6.75. The molecule has 2 aromatic rings. The van der Waals surface area contributed by atoms with Crippen molar-refractivity contribution in [3.05, 3.63) is 59.9 Å². The van der Waals surface area contributed by atoms with Crippen LogP contribution in [0.5, 0.6) is 0 Å². The molecule has 0 unspecified atom stereocenters. The molecule has 0 spiro atoms. The Morgan fingerprint density at radius 3 is 2.52 bits per heavy atom. The summed E-state index contributed by atoms with van der Waals surface area (Å²) >= 11 is 1.93. The third-order valence-corrected chi connectivity index (χ3v) is 7.00. The Bertz CT molecular complexity index is 873. The van der Waals surface area contributed by atoms with Crippen molar-refractivity contribution >= 4 is 47.4 Å². The largest absolute Gasteiger partial charge is 0.378 e. The molecule has 2 aromatic carbocycles. The molecule has 2 fully saturated rings. The van der Waals surface area contributed by atoms with Crippen LogP contribution in [-0.2, 0) is 11.3 Å². The minimum absolute atomic E-state index is 0. The molecular formula is C23H30FIN4OS. The second-order valence-electron chi connectivity index (χ2n) is 7.76. The smallest absolute Gasteiger partial charge is 0.191 e. The Labute approximate surface area is 205 Å². The predicted molar refractivity (Wildman–Crippen MR) is 137 cm³/mol. The van der Waals surface area contributed by atoms with Crippen molar-refractivity contribution in [3.8, 4) is 0 Å². The highest BCUT2D eigenvalue weighted by atomic mass is 127. The number of rotatable bonds is 7. The number of ether oxygens (including phenoxy) is 1. The lowest BCUT2D eigenvalue weighted by Crippen LogP contribution is -2.40. The van der Waals surface area contributed by atoms with E-state index in [0.29, 0.717) is 25.4 Å². The molecule has 1 heterocycles. The van der Waals surface area contributed by atoms with E-state index in [0.717, 1.165) is 31.2 Å². The van der Waals surface area contributed by atoms with Crippen LogP contribution in [-0.4, -0.2) is 50.6 Å².